The highest BCUT2D eigenvalue weighted by molar-refractivity contribution is 5.75. The summed E-state index contributed by atoms with van der Waals surface area (Å²) in [4.78, 5) is 15.8. The third-order valence-corrected chi connectivity index (χ3v) is 5.53. The number of hydrogen-bond donors (Lipinski definition) is 0. The Bertz CT molecular complexity index is 875. The Hall–Kier alpha value is -2.56. The van der Waals surface area contributed by atoms with Gasteiger partial charge in [-0.05, 0) is 62.3 Å². The summed E-state index contributed by atoms with van der Waals surface area (Å²) < 4.78 is 18.0. The van der Waals surface area contributed by atoms with Gasteiger partial charge in [0.05, 0.1) is 25.1 Å². The van der Waals surface area contributed by atoms with Gasteiger partial charge in [0.1, 0.15) is 23.0 Å². The average molecular weight is 395 g/mol. The first kappa shape index (κ1) is 19.7. The molecule has 0 spiro atoms. The molecular weight excluding hydrogens is 366 g/mol. The number of rotatable bonds is 9. The van der Waals surface area contributed by atoms with Crippen LogP contribution >= 0.6 is 0 Å². The lowest BCUT2D eigenvalue weighted by Crippen LogP contribution is -2.28. The van der Waals surface area contributed by atoms with E-state index in [0.717, 1.165) is 36.1 Å². The summed E-state index contributed by atoms with van der Waals surface area (Å²) in [6, 6.07) is 10.0. The number of carbonyl (C=O) groups is 1. The van der Waals surface area contributed by atoms with Crippen molar-refractivity contribution >= 4 is 5.78 Å². The van der Waals surface area contributed by atoms with Crippen molar-refractivity contribution in [3.8, 4) is 17.2 Å². The van der Waals surface area contributed by atoms with E-state index in [1.165, 1.54) is 18.4 Å². The number of carbonyl (C=O) groups excluding carboxylic acids is 1. The number of Topliss-reactive ketones (excluding diaryl/α,β-unsaturated/α-hetero) is 1. The summed E-state index contributed by atoms with van der Waals surface area (Å²) in [5.74, 6) is 3.55. The number of benzene rings is 1. The molecule has 5 heteroatoms. The normalized spacial score (nSPS) is 21.2. The van der Waals surface area contributed by atoms with Gasteiger partial charge >= 0.3 is 0 Å². The molecule has 0 saturated heterocycles. The minimum Gasteiger partial charge on any atom is -0.493 e. The van der Waals surface area contributed by atoms with Crippen LogP contribution in [0.2, 0.25) is 0 Å². The Labute approximate surface area is 172 Å². The highest BCUT2D eigenvalue weighted by Crippen LogP contribution is 2.42. The molecule has 4 rings (SSSR count). The van der Waals surface area contributed by atoms with Crippen LogP contribution in [0.1, 0.15) is 51.3 Å². The maximum atomic E-state index is 11.2. The third-order valence-electron chi connectivity index (χ3n) is 5.53. The second kappa shape index (κ2) is 8.05. The van der Waals surface area contributed by atoms with E-state index in [1.807, 2.05) is 31.2 Å². The minimum absolute atomic E-state index is 0.182. The Kier molecular flexibility index (Phi) is 5.48. The van der Waals surface area contributed by atoms with Crippen LogP contribution in [0.5, 0.6) is 17.2 Å². The average Bonchev–Trinajstić information content (AvgIpc) is 3.45. The van der Waals surface area contributed by atoms with Gasteiger partial charge in [0.25, 0.3) is 0 Å². The lowest BCUT2D eigenvalue weighted by atomic mass is 9.95. The van der Waals surface area contributed by atoms with E-state index in [4.69, 9.17) is 14.2 Å². The van der Waals surface area contributed by atoms with Gasteiger partial charge in [0.15, 0.2) is 5.60 Å². The van der Waals surface area contributed by atoms with Crippen molar-refractivity contribution in [3.05, 3.63) is 47.8 Å². The van der Waals surface area contributed by atoms with E-state index < -0.39 is 5.60 Å². The Morgan fingerprint density at radius 1 is 1.24 bits per heavy atom. The number of fused-ring (bicyclic) bond motifs is 1. The van der Waals surface area contributed by atoms with Crippen LogP contribution in [0.25, 0.3) is 0 Å². The van der Waals surface area contributed by atoms with Crippen molar-refractivity contribution < 1.29 is 19.0 Å². The molecule has 2 aromatic rings. The predicted molar refractivity (Wildman–Crippen MR) is 111 cm³/mol. The highest BCUT2D eigenvalue weighted by Gasteiger charge is 2.38. The molecule has 0 bridgehead atoms. The van der Waals surface area contributed by atoms with Gasteiger partial charge in [-0.3, -0.25) is 4.98 Å². The van der Waals surface area contributed by atoms with Crippen molar-refractivity contribution in [3.63, 3.8) is 0 Å². The molecule has 0 radical (unpaired) electrons. The Morgan fingerprint density at radius 3 is 2.72 bits per heavy atom. The van der Waals surface area contributed by atoms with Crippen molar-refractivity contribution in [2.75, 3.05) is 13.2 Å². The van der Waals surface area contributed by atoms with Gasteiger partial charge in [-0.2, -0.15) is 0 Å². The summed E-state index contributed by atoms with van der Waals surface area (Å²) >= 11 is 0. The number of hydrogen-bond acceptors (Lipinski definition) is 5. The van der Waals surface area contributed by atoms with Crippen LogP contribution in [-0.2, 0) is 16.8 Å². The van der Waals surface area contributed by atoms with Crippen LogP contribution in [-0.4, -0.2) is 24.0 Å². The number of ether oxygens (including phenoxy) is 3. The van der Waals surface area contributed by atoms with Crippen molar-refractivity contribution in [1.82, 2.24) is 4.98 Å². The fourth-order valence-corrected chi connectivity index (χ4v) is 3.72. The Balaban J connectivity index is 1.37. The predicted octanol–water partition coefficient (Wildman–Crippen LogP) is 4.71. The molecule has 0 amide bonds. The van der Waals surface area contributed by atoms with Crippen LogP contribution in [0.3, 0.4) is 0 Å². The third kappa shape index (κ3) is 4.89. The molecule has 1 saturated carbocycles. The van der Waals surface area contributed by atoms with Gasteiger partial charge < -0.3 is 19.0 Å². The zero-order chi connectivity index (χ0) is 20.4. The zero-order valence-electron chi connectivity index (χ0n) is 17.4. The molecule has 1 aromatic carbocycles. The first-order valence-corrected chi connectivity index (χ1v) is 10.4. The summed E-state index contributed by atoms with van der Waals surface area (Å²) in [5.41, 5.74) is 1.54. The smallest absolute Gasteiger partial charge is 0.152 e. The molecule has 2 heterocycles. The quantitative estimate of drug-likeness (QED) is 0.615. The van der Waals surface area contributed by atoms with Gasteiger partial charge in [-0.15, -0.1) is 0 Å². The van der Waals surface area contributed by atoms with Crippen LogP contribution in [0.4, 0.5) is 0 Å². The first-order chi connectivity index (χ1) is 13.9. The second-order valence-corrected chi connectivity index (χ2v) is 8.74. The van der Waals surface area contributed by atoms with Crippen molar-refractivity contribution in [1.29, 1.82) is 0 Å². The van der Waals surface area contributed by atoms with Crippen LogP contribution < -0.4 is 14.2 Å². The van der Waals surface area contributed by atoms with Gasteiger partial charge in [-0.1, -0.05) is 13.0 Å². The monoisotopic (exact) mass is 395 g/mol. The highest BCUT2D eigenvalue weighted by atomic mass is 16.5. The molecule has 1 aromatic heterocycles. The van der Waals surface area contributed by atoms with E-state index in [9.17, 15) is 4.79 Å². The molecule has 1 fully saturated rings. The van der Waals surface area contributed by atoms with Gasteiger partial charge in [0, 0.05) is 18.9 Å². The van der Waals surface area contributed by atoms with Crippen molar-refractivity contribution in [2.24, 2.45) is 11.8 Å². The minimum atomic E-state index is -0.502. The van der Waals surface area contributed by atoms with E-state index >= 15 is 0 Å². The fraction of sp³-hybridized carbons (Fsp3) is 0.500. The molecule has 2 unspecified atom stereocenters. The second-order valence-electron chi connectivity index (χ2n) is 8.74. The van der Waals surface area contributed by atoms with Gasteiger partial charge in [-0.25, -0.2) is 0 Å². The van der Waals surface area contributed by atoms with Crippen molar-refractivity contribution in [2.45, 2.75) is 52.1 Å². The molecule has 2 aliphatic rings. The van der Waals surface area contributed by atoms with Crippen LogP contribution in [0.15, 0.2) is 36.5 Å². The van der Waals surface area contributed by atoms with E-state index in [2.05, 4.69) is 18.0 Å². The van der Waals surface area contributed by atoms with Crippen LogP contribution in [0, 0.1) is 11.8 Å². The lowest BCUT2D eigenvalue weighted by molar-refractivity contribution is -0.118. The Morgan fingerprint density at radius 2 is 2.03 bits per heavy atom. The molecule has 2 atom stereocenters. The maximum Gasteiger partial charge on any atom is 0.152 e. The first-order valence-electron chi connectivity index (χ1n) is 10.4. The summed E-state index contributed by atoms with van der Waals surface area (Å²) in [6.07, 6.45) is 5.59. The van der Waals surface area contributed by atoms with E-state index in [0.29, 0.717) is 18.8 Å². The molecule has 0 N–H and O–H groups in total. The number of aromatic nitrogens is 1. The molecule has 5 nitrogen and oxygen atoms in total. The van der Waals surface area contributed by atoms with Gasteiger partial charge in [0.2, 0.25) is 0 Å². The van der Waals surface area contributed by atoms with E-state index in [1.54, 1.807) is 13.1 Å². The molecule has 1 aliphatic carbocycles. The van der Waals surface area contributed by atoms with E-state index in [-0.39, 0.29) is 11.7 Å². The standard InChI is InChI=1S/C24H29NO4/c1-16(10-17(2)26)14-27-21-8-9-23(25-13-21)24(3)12-19-6-7-20(11-22(19)29-24)28-15-18-4-5-18/h6-9,11,13,16,18H,4-5,10,12,14-15H2,1-3H3. The maximum absolute atomic E-state index is 11.2. The summed E-state index contributed by atoms with van der Waals surface area (Å²) in [6.45, 7) is 6.98. The number of nitrogens with zero attached hydrogens (tertiary/aromatic N) is 1. The largest absolute Gasteiger partial charge is 0.493 e. The number of ketones is 1. The topological polar surface area (TPSA) is 57.7 Å². The summed E-state index contributed by atoms with van der Waals surface area (Å²) in [7, 11) is 0. The molecule has 1 aliphatic heterocycles. The lowest BCUT2D eigenvalue weighted by Gasteiger charge is -2.23. The number of pyridine rings is 1. The summed E-state index contributed by atoms with van der Waals surface area (Å²) in [5, 5.41) is 0. The fourth-order valence-electron chi connectivity index (χ4n) is 3.72. The molecule has 154 valence electrons. The molecule has 29 heavy (non-hydrogen) atoms. The zero-order valence-corrected chi connectivity index (χ0v) is 17.4. The SMILES string of the molecule is CC(=O)CC(C)COc1ccc(C2(C)Cc3ccc(OCC4CC4)cc3O2)nc1. The molecular formula is C24H29NO4.